The summed E-state index contributed by atoms with van der Waals surface area (Å²) in [6.45, 7) is 1.35. The first kappa shape index (κ1) is 20.9. The third-order valence-corrected chi connectivity index (χ3v) is 5.23. The van der Waals surface area contributed by atoms with E-state index in [1.54, 1.807) is 29.4 Å². The molecule has 0 radical (unpaired) electrons. The summed E-state index contributed by atoms with van der Waals surface area (Å²) in [6, 6.07) is 5.69. The quantitative estimate of drug-likeness (QED) is 0.701. The van der Waals surface area contributed by atoms with E-state index in [2.05, 4.69) is 15.3 Å². The van der Waals surface area contributed by atoms with Crippen LogP contribution in [0.25, 0.3) is 11.3 Å². The number of morpholine rings is 1. The lowest BCUT2D eigenvalue weighted by atomic mass is 10.1. The summed E-state index contributed by atoms with van der Waals surface area (Å²) in [7, 11) is 0. The van der Waals surface area contributed by atoms with Crippen molar-refractivity contribution in [3.05, 3.63) is 48.2 Å². The lowest BCUT2D eigenvalue weighted by Gasteiger charge is -2.32. The van der Waals surface area contributed by atoms with Crippen LogP contribution in [0.2, 0.25) is 0 Å². The lowest BCUT2D eigenvalue weighted by molar-refractivity contribution is -0.139. The van der Waals surface area contributed by atoms with Crippen molar-refractivity contribution in [2.24, 2.45) is 0 Å². The molecule has 1 atom stereocenters. The number of aromatic nitrogens is 2. The second-order valence-corrected chi connectivity index (χ2v) is 7.35. The fourth-order valence-corrected chi connectivity index (χ4v) is 3.61. The van der Waals surface area contributed by atoms with Gasteiger partial charge in [-0.15, -0.1) is 0 Å². The van der Waals surface area contributed by atoms with Gasteiger partial charge >= 0.3 is 6.03 Å². The summed E-state index contributed by atoms with van der Waals surface area (Å²) >= 11 is 0. The molecule has 0 saturated carbocycles. The number of nitrogens with zero attached hydrogens (tertiary/aromatic N) is 4. The molecule has 0 aliphatic carbocycles. The number of nitrogens with one attached hydrogen (secondary N) is 1. The summed E-state index contributed by atoms with van der Waals surface area (Å²) in [5, 5.41) is 2.46. The van der Waals surface area contributed by atoms with Gasteiger partial charge in [0.15, 0.2) is 0 Å². The number of rotatable bonds is 6. The Balaban J connectivity index is 1.36. The predicted octanol–water partition coefficient (Wildman–Crippen LogP) is 1.51. The fraction of sp³-hybridized carbons (Fsp3) is 0.381. The number of hydrogen-bond donors (Lipinski definition) is 1. The first-order valence-electron chi connectivity index (χ1n) is 10.1. The van der Waals surface area contributed by atoms with Crippen molar-refractivity contribution in [1.29, 1.82) is 0 Å². The van der Waals surface area contributed by atoms with Crippen LogP contribution in [-0.2, 0) is 14.3 Å². The van der Waals surface area contributed by atoms with Gasteiger partial charge in [0.05, 0.1) is 43.5 Å². The summed E-state index contributed by atoms with van der Waals surface area (Å²) in [4.78, 5) is 47.4. The van der Waals surface area contributed by atoms with E-state index in [-0.39, 0.29) is 37.1 Å². The number of urea groups is 1. The standard InChI is InChI=1S/C21H22FN5O4/c22-15-4-1-3-14(9-15)16-10-23-11-17(25-16)18-13-26(7-8-31-18)19(28)5-2-6-27-20(29)12-24-21(27)30/h1,3-4,9-11,18H,2,5-8,12-13H2,(H,24,30)/t18-/m1/s1. The summed E-state index contributed by atoms with van der Waals surface area (Å²) in [6.07, 6.45) is 3.32. The highest BCUT2D eigenvalue weighted by atomic mass is 19.1. The number of carbonyl (C=O) groups excluding carboxylic acids is 3. The molecule has 1 aromatic carbocycles. The maximum absolute atomic E-state index is 13.5. The minimum absolute atomic E-state index is 0.00758. The highest BCUT2D eigenvalue weighted by molar-refractivity contribution is 6.01. The Morgan fingerprint density at radius 2 is 2.16 bits per heavy atom. The minimum atomic E-state index is -0.440. The van der Waals surface area contributed by atoms with Crippen LogP contribution in [0.1, 0.15) is 24.6 Å². The molecule has 31 heavy (non-hydrogen) atoms. The molecule has 9 nitrogen and oxygen atoms in total. The molecule has 2 aromatic rings. The number of ether oxygens (including phenoxy) is 1. The zero-order valence-corrected chi connectivity index (χ0v) is 16.8. The minimum Gasteiger partial charge on any atom is -0.368 e. The van der Waals surface area contributed by atoms with Gasteiger partial charge in [0.2, 0.25) is 11.8 Å². The largest absolute Gasteiger partial charge is 0.368 e. The van der Waals surface area contributed by atoms with Gasteiger partial charge in [0.1, 0.15) is 11.9 Å². The lowest BCUT2D eigenvalue weighted by Crippen LogP contribution is -2.42. The average molecular weight is 427 g/mol. The van der Waals surface area contributed by atoms with Crippen molar-refractivity contribution in [1.82, 2.24) is 25.1 Å². The molecule has 2 aliphatic rings. The molecule has 2 fully saturated rings. The van der Waals surface area contributed by atoms with Crippen LogP contribution in [0.5, 0.6) is 0 Å². The Labute approximate surface area is 178 Å². The van der Waals surface area contributed by atoms with Crippen LogP contribution >= 0.6 is 0 Å². The van der Waals surface area contributed by atoms with Gasteiger partial charge in [-0.2, -0.15) is 0 Å². The molecule has 1 aromatic heterocycles. The van der Waals surface area contributed by atoms with Crippen LogP contribution in [0, 0.1) is 5.82 Å². The molecule has 10 heteroatoms. The normalized spacial score (nSPS) is 18.9. The fourth-order valence-electron chi connectivity index (χ4n) is 3.61. The SMILES string of the molecule is O=C(CCCN1C(=O)CNC1=O)N1CCO[C@@H](c2cncc(-c3cccc(F)c3)n2)C1. The zero-order chi connectivity index (χ0) is 21.8. The van der Waals surface area contributed by atoms with E-state index in [9.17, 15) is 18.8 Å². The Morgan fingerprint density at radius 1 is 1.29 bits per heavy atom. The highest BCUT2D eigenvalue weighted by Gasteiger charge is 2.29. The molecule has 0 bridgehead atoms. The van der Waals surface area contributed by atoms with Crippen LogP contribution in [0.3, 0.4) is 0 Å². The Hall–Kier alpha value is -3.40. The van der Waals surface area contributed by atoms with Gasteiger partial charge in [-0.05, 0) is 18.6 Å². The number of hydrogen-bond acceptors (Lipinski definition) is 6. The van der Waals surface area contributed by atoms with Gasteiger partial charge < -0.3 is 15.0 Å². The smallest absolute Gasteiger partial charge is 0.324 e. The van der Waals surface area contributed by atoms with Gasteiger partial charge in [-0.1, -0.05) is 12.1 Å². The third kappa shape index (κ3) is 4.85. The van der Waals surface area contributed by atoms with Crippen molar-refractivity contribution < 1.29 is 23.5 Å². The van der Waals surface area contributed by atoms with Gasteiger partial charge in [0, 0.05) is 25.1 Å². The summed E-state index contributed by atoms with van der Waals surface area (Å²) < 4.78 is 19.3. The summed E-state index contributed by atoms with van der Waals surface area (Å²) in [5.41, 5.74) is 1.70. The molecule has 2 saturated heterocycles. The van der Waals surface area contributed by atoms with Gasteiger partial charge in [-0.25, -0.2) is 14.2 Å². The first-order chi connectivity index (χ1) is 15.0. The van der Waals surface area contributed by atoms with Crippen molar-refractivity contribution in [2.75, 3.05) is 32.8 Å². The van der Waals surface area contributed by atoms with Gasteiger partial charge in [-0.3, -0.25) is 19.5 Å². The summed E-state index contributed by atoms with van der Waals surface area (Å²) in [5.74, 6) is -0.709. The number of benzene rings is 1. The van der Waals surface area contributed by atoms with E-state index in [4.69, 9.17) is 4.74 Å². The van der Waals surface area contributed by atoms with Crippen molar-refractivity contribution >= 4 is 17.8 Å². The van der Waals surface area contributed by atoms with E-state index in [0.717, 1.165) is 4.90 Å². The van der Waals surface area contributed by atoms with Crippen LogP contribution < -0.4 is 5.32 Å². The van der Waals surface area contributed by atoms with Crippen LogP contribution in [-0.4, -0.2) is 70.4 Å². The molecule has 4 rings (SSSR count). The first-order valence-corrected chi connectivity index (χ1v) is 10.1. The van der Waals surface area contributed by atoms with Crippen LogP contribution in [0.4, 0.5) is 9.18 Å². The van der Waals surface area contributed by atoms with E-state index >= 15 is 0 Å². The number of halogens is 1. The molecule has 0 unspecified atom stereocenters. The van der Waals surface area contributed by atoms with Gasteiger partial charge in [0.25, 0.3) is 0 Å². The highest BCUT2D eigenvalue weighted by Crippen LogP contribution is 2.24. The Kier molecular flexibility index (Phi) is 6.17. The predicted molar refractivity (Wildman–Crippen MR) is 107 cm³/mol. The average Bonchev–Trinajstić information content (AvgIpc) is 3.11. The Morgan fingerprint density at radius 3 is 2.94 bits per heavy atom. The third-order valence-electron chi connectivity index (χ3n) is 5.23. The van der Waals surface area contributed by atoms with Crippen molar-refractivity contribution in [3.63, 3.8) is 0 Å². The number of carbonyl (C=O) groups is 3. The molecule has 1 N–H and O–H groups in total. The second-order valence-electron chi connectivity index (χ2n) is 7.35. The molecule has 0 spiro atoms. The van der Waals surface area contributed by atoms with E-state index in [1.165, 1.54) is 12.1 Å². The zero-order valence-electron chi connectivity index (χ0n) is 16.8. The van der Waals surface area contributed by atoms with Crippen LogP contribution in [0.15, 0.2) is 36.7 Å². The van der Waals surface area contributed by atoms with E-state index in [0.29, 0.717) is 43.1 Å². The number of amides is 4. The maximum atomic E-state index is 13.5. The van der Waals surface area contributed by atoms with E-state index < -0.39 is 12.1 Å². The monoisotopic (exact) mass is 427 g/mol. The topological polar surface area (TPSA) is 105 Å². The van der Waals surface area contributed by atoms with Crippen molar-refractivity contribution in [2.45, 2.75) is 18.9 Å². The molecular formula is C21H22FN5O4. The number of imide groups is 1. The molecule has 162 valence electrons. The second kappa shape index (κ2) is 9.17. The molecule has 2 aliphatic heterocycles. The molecule has 4 amide bonds. The van der Waals surface area contributed by atoms with E-state index in [1.807, 2.05) is 0 Å². The molecule has 3 heterocycles. The maximum Gasteiger partial charge on any atom is 0.324 e. The molecular weight excluding hydrogens is 405 g/mol. The Bertz CT molecular complexity index is 985. The van der Waals surface area contributed by atoms with Crippen molar-refractivity contribution in [3.8, 4) is 11.3 Å².